The summed E-state index contributed by atoms with van der Waals surface area (Å²) in [6.45, 7) is 4.53. The second-order valence-corrected chi connectivity index (χ2v) is 7.28. The first-order chi connectivity index (χ1) is 15.0. The Balaban J connectivity index is 1.33. The number of carbonyl (C=O) groups excluding carboxylic acids is 1. The smallest absolute Gasteiger partial charge is 0.263 e. The molecule has 0 saturated carbocycles. The molecular weight excluding hydrogens is 406 g/mol. The molecule has 2 heterocycles. The minimum Gasteiger partial charge on any atom is -0.481 e. The number of hydrogen-bond acceptors (Lipinski definition) is 6. The van der Waals surface area contributed by atoms with E-state index in [1.54, 1.807) is 11.8 Å². The standard InChI is InChI=1S/C21H22F2N6O2/c1-15(31-17-5-3-2-4-6-17)21(30)28-11-9-27(10-12-28)14-20-24-25-26-29(20)16-7-8-18(22)19(23)13-16/h2-8,13,15H,9-12,14H2,1H3/t15-/m1/s1. The highest BCUT2D eigenvalue weighted by Gasteiger charge is 2.27. The molecule has 1 aliphatic heterocycles. The van der Waals surface area contributed by atoms with Crippen molar-refractivity contribution in [1.82, 2.24) is 30.0 Å². The number of halogens is 2. The Kier molecular flexibility index (Phi) is 6.17. The van der Waals surface area contributed by atoms with Crippen LogP contribution in [0.4, 0.5) is 8.78 Å². The van der Waals surface area contributed by atoms with Crippen LogP contribution in [0.1, 0.15) is 12.7 Å². The van der Waals surface area contributed by atoms with Gasteiger partial charge in [0.25, 0.3) is 5.91 Å². The molecule has 10 heteroatoms. The van der Waals surface area contributed by atoms with E-state index in [-0.39, 0.29) is 5.91 Å². The fourth-order valence-corrected chi connectivity index (χ4v) is 3.46. The van der Waals surface area contributed by atoms with E-state index in [1.165, 1.54) is 10.7 Å². The molecule has 1 fully saturated rings. The number of amides is 1. The molecule has 1 amide bonds. The minimum absolute atomic E-state index is 0.0601. The van der Waals surface area contributed by atoms with E-state index >= 15 is 0 Å². The fourth-order valence-electron chi connectivity index (χ4n) is 3.46. The van der Waals surface area contributed by atoms with Gasteiger partial charge < -0.3 is 9.64 Å². The van der Waals surface area contributed by atoms with Crippen LogP contribution in [0.5, 0.6) is 5.75 Å². The van der Waals surface area contributed by atoms with Crippen molar-refractivity contribution >= 4 is 5.91 Å². The molecule has 1 aliphatic rings. The van der Waals surface area contributed by atoms with Gasteiger partial charge in [-0.1, -0.05) is 18.2 Å². The van der Waals surface area contributed by atoms with Crippen LogP contribution in [0.25, 0.3) is 5.69 Å². The molecule has 0 unspecified atom stereocenters. The van der Waals surface area contributed by atoms with Gasteiger partial charge in [0.2, 0.25) is 0 Å². The third-order valence-corrected chi connectivity index (χ3v) is 5.13. The summed E-state index contributed by atoms with van der Waals surface area (Å²) in [5.74, 6) is -0.782. The van der Waals surface area contributed by atoms with Crippen molar-refractivity contribution in [2.24, 2.45) is 0 Å². The topological polar surface area (TPSA) is 76.4 Å². The zero-order valence-corrected chi connectivity index (χ0v) is 17.0. The first kappa shape index (κ1) is 20.9. The third kappa shape index (κ3) is 4.85. The van der Waals surface area contributed by atoms with E-state index < -0.39 is 17.7 Å². The predicted molar refractivity (Wildman–Crippen MR) is 107 cm³/mol. The number of nitrogens with zero attached hydrogens (tertiary/aromatic N) is 6. The summed E-state index contributed by atoms with van der Waals surface area (Å²) in [6, 6.07) is 12.8. The zero-order valence-electron chi connectivity index (χ0n) is 17.0. The highest BCUT2D eigenvalue weighted by Crippen LogP contribution is 2.16. The summed E-state index contributed by atoms with van der Waals surface area (Å²) in [4.78, 5) is 16.6. The minimum atomic E-state index is -0.960. The molecule has 162 valence electrons. The number of piperazine rings is 1. The molecule has 3 aromatic rings. The van der Waals surface area contributed by atoms with Crippen LogP contribution >= 0.6 is 0 Å². The lowest BCUT2D eigenvalue weighted by molar-refractivity contribution is -0.139. The maximum Gasteiger partial charge on any atom is 0.263 e. The average Bonchev–Trinajstić information content (AvgIpc) is 3.24. The largest absolute Gasteiger partial charge is 0.481 e. The van der Waals surface area contributed by atoms with Crippen LogP contribution in [-0.2, 0) is 11.3 Å². The van der Waals surface area contributed by atoms with Gasteiger partial charge in [-0.3, -0.25) is 9.69 Å². The number of hydrogen-bond donors (Lipinski definition) is 0. The van der Waals surface area contributed by atoms with Crippen molar-refractivity contribution in [3.8, 4) is 11.4 Å². The molecule has 1 aromatic heterocycles. The Hall–Kier alpha value is -3.40. The first-order valence-corrected chi connectivity index (χ1v) is 9.97. The lowest BCUT2D eigenvalue weighted by atomic mass is 10.2. The van der Waals surface area contributed by atoms with Gasteiger partial charge in [-0.15, -0.1) is 5.10 Å². The van der Waals surface area contributed by atoms with E-state index in [0.717, 1.165) is 12.1 Å². The Bertz CT molecular complexity index is 1040. The summed E-state index contributed by atoms with van der Waals surface area (Å²) >= 11 is 0. The van der Waals surface area contributed by atoms with Crippen molar-refractivity contribution in [3.05, 3.63) is 66.0 Å². The van der Waals surface area contributed by atoms with E-state index in [0.29, 0.717) is 50.0 Å². The van der Waals surface area contributed by atoms with Crippen molar-refractivity contribution in [2.45, 2.75) is 19.6 Å². The molecule has 0 bridgehead atoms. The molecule has 4 rings (SSSR count). The van der Waals surface area contributed by atoms with Gasteiger partial charge in [0.15, 0.2) is 23.6 Å². The van der Waals surface area contributed by atoms with E-state index in [1.807, 2.05) is 30.3 Å². The normalized spacial score (nSPS) is 15.6. The molecule has 31 heavy (non-hydrogen) atoms. The summed E-state index contributed by atoms with van der Waals surface area (Å²) in [5.41, 5.74) is 0.347. The molecule has 0 spiro atoms. The number of benzene rings is 2. The Morgan fingerprint density at radius 2 is 1.81 bits per heavy atom. The van der Waals surface area contributed by atoms with Gasteiger partial charge in [0.05, 0.1) is 12.2 Å². The quantitative estimate of drug-likeness (QED) is 0.598. The first-order valence-electron chi connectivity index (χ1n) is 9.97. The molecule has 0 N–H and O–H groups in total. The van der Waals surface area contributed by atoms with Crippen molar-refractivity contribution in [1.29, 1.82) is 0 Å². The molecule has 2 aromatic carbocycles. The second-order valence-electron chi connectivity index (χ2n) is 7.28. The van der Waals surface area contributed by atoms with Crippen LogP contribution in [0.2, 0.25) is 0 Å². The van der Waals surface area contributed by atoms with Crippen LogP contribution < -0.4 is 4.74 Å². The average molecular weight is 428 g/mol. The van der Waals surface area contributed by atoms with Gasteiger partial charge in [0.1, 0.15) is 5.75 Å². The number of ether oxygens (including phenoxy) is 1. The highest BCUT2D eigenvalue weighted by atomic mass is 19.2. The van der Waals surface area contributed by atoms with Crippen molar-refractivity contribution < 1.29 is 18.3 Å². The van der Waals surface area contributed by atoms with Gasteiger partial charge in [-0.25, -0.2) is 8.78 Å². The molecule has 8 nitrogen and oxygen atoms in total. The number of para-hydroxylation sites is 1. The Morgan fingerprint density at radius 1 is 1.06 bits per heavy atom. The van der Waals surface area contributed by atoms with Gasteiger partial charge >= 0.3 is 0 Å². The lowest BCUT2D eigenvalue weighted by Gasteiger charge is -2.35. The van der Waals surface area contributed by atoms with Gasteiger partial charge in [-0.2, -0.15) is 4.68 Å². The Morgan fingerprint density at radius 3 is 2.52 bits per heavy atom. The number of carbonyl (C=O) groups is 1. The summed E-state index contributed by atoms with van der Waals surface area (Å²) in [5, 5.41) is 11.6. The summed E-state index contributed by atoms with van der Waals surface area (Å²) < 4.78 is 33.9. The highest BCUT2D eigenvalue weighted by molar-refractivity contribution is 5.81. The zero-order chi connectivity index (χ0) is 21.8. The maximum absolute atomic E-state index is 13.6. The Labute approximate surface area is 178 Å². The summed E-state index contributed by atoms with van der Waals surface area (Å²) in [6.07, 6.45) is -0.574. The van der Waals surface area contributed by atoms with Crippen LogP contribution in [-0.4, -0.2) is 68.2 Å². The number of aromatic nitrogens is 4. The lowest BCUT2D eigenvalue weighted by Crippen LogP contribution is -2.51. The van der Waals surface area contributed by atoms with Crippen LogP contribution in [0, 0.1) is 11.6 Å². The van der Waals surface area contributed by atoms with Crippen molar-refractivity contribution in [3.63, 3.8) is 0 Å². The predicted octanol–water partition coefficient (Wildman–Crippen LogP) is 2.05. The van der Waals surface area contributed by atoms with Gasteiger partial charge in [0, 0.05) is 32.2 Å². The summed E-state index contributed by atoms with van der Waals surface area (Å²) in [7, 11) is 0. The number of tetrazole rings is 1. The van der Waals surface area contributed by atoms with Crippen LogP contribution in [0.3, 0.4) is 0 Å². The third-order valence-electron chi connectivity index (χ3n) is 5.13. The molecule has 0 aliphatic carbocycles. The second kappa shape index (κ2) is 9.17. The van der Waals surface area contributed by atoms with Crippen LogP contribution in [0.15, 0.2) is 48.5 Å². The SMILES string of the molecule is C[C@@H](Oc1ccccc1)C(=O)N1CCN(Cc2nnnn2-c2ccc(F)c(F)c2)CC1. The van der Waals surface area contributed by atoms with Crippen molar-refractivity contribution in [2.75, 3.05) is 26.2 Å². The van der Waals surface area contributed by atoms with Gasteiger partial charge in [-0.05, 0) is 41.6 Å². The maximum atomic E-state index is 13.6. The molecule has 0 radical (unpaired) electrons. The van der Waals surface area contributed by atoms with E-state index in [4.69, 9.17) is 4.74 Å². The monoisotopic (exact) mass is 428 g/mol. The van der Waals surface area contributed by atoms with E-state index in [9.17, 15) is 13.6 Å². The molecular formula is C21H22F2N6O2. The number of rotatable bonds is 6. The molecule has 1 atom stereocenters. The van der Waals surface area contributed by atoms with E-state index in [2.05, 4.69) is 20.4 Å². The fraction of sp³-hybridized carbons (Fsp3) is 0.333. The molecule has 1 saturated heterocycles.